The highest BCUT2D eigenvalue weighted by molar-refractivity contribution is 5.91. The third kappa shape index (κ3) is 3.38. The van der Waals surface area contributed by atoms with Crippen molar-refractivity contribution in [1.82, 2.24) is 4.90 Å². The number of likely N-dealkylation sites (tertiary alicyclic amines) is 1. The van der Waals surface area contributed by atoms with Crippen LogP contribution >= 0.6 is 0 Å². The maximum Gasteiger partial charge on any atom is 0.338 e. The lowest BCUT2D eigenvalue weighted by Gasteiger charge is -2.24. The van der Waals surface area contributed by atoms with Gasteiger partial charge in [0.2, 0.25) is 0 Å². The number of aryl methyl sites for hydroxylation is 1. The summed E-state index contributed by atoms with van der Waals surface area (Å²) >= 11 is 0. The van der Waals surface area contributed by atoms with E-state index in [9.17, 15) is 4.79 Å². The third-order valence-corrected chi connectivity index (χ3v) is 3.95. The Labute approximate surface area is 120 Å². The summed E-state index contributed by atoms with van der Waals surface area (Å²) in [7, 11) is 3.17. The molecule has 1 aromatic carbocycles. The van der Waals surface area contributed by atoms with Crippen LogP contribution in [-0.4, -0.2) is 44.3 Å². The number of carbonyl (C=O) groups excluding carboxylic acids is 1. The number of benzene rings is 1. The second-order valence-electron chi connectivity index (χ2n) is 5.36. The van der Waals surface area contributed by atoms with E-state index in [4.69, 9.17) is 9.47 Å². The first-order valence-electron chi connectivity index (χ1n) is 7.06. The van der Waals surface area contributed by atoms with E-state index in [-0.39, 0.29) is 5.97 Å². The molecule has 1 fully saturated rings. The molecule has 0 unspecified atom stereocenters. The zero-order valence-corrected chi connectivity index (χ0v) is 12.5. The van der Waals surface area contributed by atoms with Gasteiger partial charge in [-0.2, -0.15) is 0 Å². The predicted molar refractivity (Wildman–Crippen MR) is 77.8 cm³/mol. The number of esters is 1. The van der Waals surface area contributed by atoms with Crippen molar-refractivity contribution >= 4 is 5.97 Å². The van der Waals surface area contributed by atoms with Gasteiger partial charge in [-0.05, 0) is 43.5 Å². The van der Waals surface area contributed by atoms with Gasteiger partial charge in [0.05, 0.1) is 19.3 Å². The summed E-state index contributed by atoms with van der Waals surface area (Å²) < 4.78 is 10.1. The van der Waals surface area contributed by atoms with E-state index in [0.29, 0.717) is 11.6 Å². The van der Waals surface area contributed by atoms with Crippen molar-refractivity contribution in [3.8, 4) is 0 Å². The molecule has 1 atom stereocenters. The molecule has 2 rings (SSSR count). The fourth-order valence-corrected chi connectivity index (χ4v) is 2.82. The highest BCUT2D eigenvalue weighted by Gasteiger charge is 2.24. The molecule has 4 nitrogen and oxygen atoms in total. The first kappa shape index (κ1) is 15.0. The first-order chi connectivity index (χ1) is 9.65. The van der Waals surface area contributed by atoms with Crippen molar-refractivity contribution in [1.29, 1.82) is 0 Å². The standard InChI is InChI=1S/C16H23NO3/c1-12-6-7-13(9-15(12)16(18)20-3)10-17-8-4-5-14(17)11-19-2/h6-7,9,14H,4-5,8,10-11H2,1-3H3/t14-/m1/s1. The highest BCUT2D eigenvalue weighted by atomic mass is 16.5. The Kier molecular flexibility index (Phi) is 5.15. The molecule has 1 aliphatic heterocycles. The fourth-order valence-electron chi connectivity index (χ4n) is 2.82. The van der Waals surface area contributed by atoms with Gasteiger partial charge in [-0.15, -0.1) is 0 Å². The van der Waals surface area contributed by atoms with Crippen molar-refractivity contribution in [3.05, 3.63) is 34.9 Å². The molecule has 1 aliphatic rings. The summed E-state index contributed by atoms with van der Waals surface area (Å²) in [5.41, 5.74) is 2.77. The zero-order chi connectivity index (χ0) is 14.5. The average molecular weight is 277 g/mol. The Morgan fingerprint density at radius 1 is 1.40 bits per heavy atom. The summed E-state index contributed by atoms with van der Waals surface area (Å²) in [5.74, 6) is -0.265. The summed E-state index contributed by atoms with van der Waals surface area (Å²) in [6.45, 7) is 4.66. The minimum atomic E-state index is -0.265. The number of nitrogens with zero attached hydrogens (tertiary/aromatic N) is 1. The maximum absolute atomic E-state index is 11.7. The van der Waals surface area contributed by atoms with Crippen LogP contribution in [0.1, 0.15) is 34.3 Å². The summed E-state index contributed by atoms with van der Waals surface area (Å²) in [6, 6.07) is 6.51. The number of hydrogen-bond donors (Lipinski definition) is 0. The van der Waals surface area contributed by atoms with Crippen molar-refractivity contribution in [2.75, 3.05) is 27.4 Å². The van der Waals surface area contributed by atoms with Crippen molar-refractivity contribution < 1.29 is 14.3 Å². The lowest BCUT2D eigenvalue weighted by molar-refractivity contribution is 0.0599. The molecular weight excluding hydrogens is 254 g/mol. The van der Waals surface area contributed by atoms with Gasteiger partial charge >= 0.3 is 5.97 Å². The lowest BCUT2D eigenvalue weighted by Crippen LogP contribution is -2.32. The van der Waals surface area contributed by atoms with E-state index in [1.807, 2.05) is 19.1 Å². The van der Waals surface area contributed by atoms with E-state index in [1.54, 1.807) is 7.11 Å². The smallest absolute Gasteiger partial charge is 0.338 e. The van der Waals surface area contributed by atoms with Crippen molar-refractivity contribution in [3.63, 3.8) is 0 Å². The van der Waals surface area contributed by atoms with E-state index >= 15 is 0 Å². The van der Waals surface area contributed by atoms with Gasteiger partial charge in [0, 0.05) is 19.7 Å². The number of rotatable bonds is 5. The third-order valence-electron chi connectivity index (χ3n) is 3.95. The van der Waals surface area contributed by atoms with Crippen LogP contribution in [0.5, 0.6) is 0 Å². The lowest BCUT2D eigenvalue weighted by atomic mass is 10.0. The SMILES string of the molecule is COC[C@H]1CCCN1Cc1ccc(C)c(C(=O)OC)c1. The van der Waals surface area contributed by atoms with Gasteiger partial charge in [-0.3, -0.25) is 4.90 Å². The Balaban J connectivity index is 2.11. The molecular formula is C16H23NO3. The van der Waals surface area contributed by atoms with Gasteiger partial charge in [0.1, 0.15) is 0 Å². The van der Waals surface area contributed by atoms with Crippen LogP contribution in [0.3, 0.4) is 0 Å². The van der Waals surface area contributed by atoms with E-state index in [2.05, 4.69) is 11.0 Å². The van der Waals surface area contributed by atoms with Crippen LogP contribution in [-0.2, 0) is 16.0 Å². The molecule has 0 saturated carbocycles. The topological polar surface area (TPSA) is 38.8 Å². The fraction of sp³-hybridized carbons (Fsp3) is 0.562. The van der Waals surface area contributed by atoms with E-state index in [1.165, 1.54) is 20.0 Å². The van der Waals surface area contributed by atoms with Crippen molar-refractivity contribution in [2.45, 2.75) is 32.4 Å². The molecule has 110 valence electrons. The van der Waals surface area contributed by atoms with Gasteiger partial charge in [-0.1, -0.05) is 12.1 Å². The highest BCUT2D eigenvalue weighted by Crippen LogP contribution is 2.21. The molecule has 20 heavy (non-hydrogen) atoms. The molecule has 1 heterocycles. The Morgan fingerprint density at radius 3 is 2.90 bits per heavy atom. The second-order valence-corrected chi connectivity index (χ2v) is 5.36. The molecule has 1 aromatic rings. The molecule has 0 radical (unpaired) electrons. The van der Waals surface area contributed by atoms with Crippen LogP contribution in [0.2, 0.25) is 0 Å². The van der Waals surface area contributed by atoms with Crippen LogP contribution in [0.25, 0.3) is 0 Å². The minimum Gasteiger partial charge on any atom is -0.465 e. The number of carbonyl (C=O) groups is 1. The van der Waals surface area contributed by atoms with Crippen LogP contribution in [0.4, 0.5) is 0 Å². The van der Waals surface area contributed by atoms with Crippen LogP contribution in [0, 0.1) is 6.92 Å². The maximum atomic E-state index is 11.7. The molecule has 4 heteroatoms. The Bertz CT molecular complexity index is 473. The normalized spacial score (nSPS) is 19.2. The predicted octanol–water partition coefficient (Wildman–Crippen LogP) is 2.39. The summed E-state index contributed by atoms with van der Waals surface area (Å²) in [4.78, 5) is 14.2. The largest absolute Gasteiger partial charge is 0.465 e. The number of methoxy groups -OCH3 is 2. The minimum absolute atomic E-state index is 0.265. The van der Waals surface area contributed by atoms with E-state index < -0.39 is 0 Å². The van der Waals surface area contributed by atoms with Crippen molar-refractivity contribution in [2.24, 2.45) is 0 Å². The number of hydrogen-bond acceptors (Lipinski definition) is 4. The van der Waals surface area contributed by atoms with Gasteiger partial charge < -0.3 is 9.47 Å². The number of ether oxygens (including phenoxy) is 2. The van der Waals surface area contributed by atoms with Gasteiger partial charge in [-0.25, -0.2) is 4.79 Å². The summed E-state index contributed by atoms with van der Waals surface area (Å²) in [6.07, 6.45) is 2.40. The molecule has 0 aliphatic carbocycles. The molecule has 0 spiro atoms. The van der Waals surface area contributed by atoms with Gasteiger partial charge in [0.25, 0.3) is 0 Å². The quantitative estimate of drug-likeness (QED) is 0.775. The second kappa shape index (κ2) is 6.86. The molecule has 0 amide bonds. The van der Waals surface area contributed by atoms with Gasteiger partial charge in [0.15, 0.2) is 0 Å². The molecule has 0 aromatic heterocycles. The van der Waals surface area contributed by atoms with E-state index in [0.717, 1.165) is 30.8 Å². The molecule has 0 N–H and O–H groups in total. The molecule has 1 saturated heterocycles. The monoisotopic (exact) mass is 277 g/mol. The molecule has 0 bridgehead atoms. The first-order valence-corrected chi connectivity index (χ1v) is 7.06. The van der Waals surface area contributed by atoms with Crippen LogP contribution in [0.15, 0.2) is 18.2 Å². The zero-order valence-electron chi connectivity index (χ0n) is 12.5. The van der Waals surface area contributed by atoms with Crippen LogP contribution < -0.4 is 0 Å². The summed E-state index contributed by atoms with van der Waals surface area (Å²) in [5, 5.41) is 0. The average Bonchev–Trinajstić information content (AvgIpc) is 2.88. The Hall–Kier alpha value is -1.39. The Morgan fingerprint density at radius 2 is 2.20 bits per heavy atom.